The number of para-hydroxylation sites is 1. The van der Waals surface area contributed by atoms with E-state index >= 15 is 0 Å². The molecule has 0 saturated heterocycles. The maximum absolute atomic E-state index is 12.9. The summed E-state index contributed by atoms with van der Waals surface area (Å²) in [6, 6.07) is 13.4. The molecule has 1 N–H and O–H groups in total. The van der Waals surface area contributed by atoms with Gasteiger partial charge in [-0.3, -0.25) is 4.79 Å². The molecule has 1 aliphatic carbocycles. The third-order valence-electron chi connectivity index (χ3n) is 4.16. The van der Waals surface area contributed by atoms with E-state index in [-0.39, 0.29) is 12.1 Å². The van der Waals surface area contributed by atoms with Gasteiger partial charge in [-0.25, -0.2) is 0 Å². The predicted octanol–water partition coefficient (Wildman–Crippen LogP) is 4.72. The molecule has 0 unspecified atom stereocenters. The Labute approximate surface area is 138 Å². The Kier molecular flexibility index (Phi) is 3.28. The maximum Gasteiger partial charge on any atom is 0.258 e. The average Bonchev–Trinajstić information content (AvgIpc) is 3.34. The number of rotatable bonds is 2. The summed E-state index contributed by atoms with van der Waals surface area (Å²) >= 11 is 12.2. The van der Waals surface area contributed by atoms with E-state index in [0.29, 0.717) is 16.1 Å². The fraction of sp³-hybridized carbons (Fsp3) is 0.235. The van der Waals surface area contributed by atoms with Gasteiger partial charge < -0.3 is 10.2 Å². The number of carbonyl (C=O) groups is 1. The summed E-state index contributed by atoms with van der Waals surface area (Å²) < 4.78 is 0. The number of fused-ring (bicyclic) bond motifs is 1. The Balaban J connectivity index is 1.80. The highest BCUT2D eigenvalue weighted by Gasteiger charge is 2.42. The van der Waals surface area contributed by atoms with E-state index in [9.17, 15) is 4.79 Å². The van der Waals surface area contributed by atoms with Gasteiger partial charge >= 0.3 is 0 Å². The van der Waals surface area contributed by atoms with Crippen LogP contribution in [-0.2, 0) is 0 Å². The highest BCUT2D eigenvalue weighted by molar-refractivity contribution is 6.42. The van der Waals surface area contributed by atoms with Crippen molar-refractivity contribution in [2.75, 3.05) is 5.32 Å². The van der Waals surface area contributed by atoms with E-state index < -0.39 is 0 Å². The van der Waals surface area contributed by atoms with Crippen molar-refractivity contribution in [2.45, 2.75) is 25.0 Å². The SMILES string of the molecule is O=C1c2ccccc2N[C@@H](c2ccc(Cl)c(Cl)c2)N1C1CC1. The van der Waals surface area contributed by atoms with Gasteiger partial charge in [0, 0.05) is 11.7 Å². The van der Waals surface area contributed by atoms with E-state index in [1.165, 1.54) is 0 Å². The molecule has 1 amide bonds. The number of carbonyl (C=O) groups excluding carboxylic acids is 1. The molecule has 0 bridgehead atoms. The van der Waals surface area contributed by atoms with Crippen molar-refractivity contribution >= 4 is 34.8 Å². The number of hydrogen-bond donors (Lipinski definition) is 1. The summed E-state index contributed by atoms with van der Waals surface area (Å²) in [6.07, 6.45) is 1.89. The predicted molar refractivity (Wildman–Crippen MR) is 88.5 cm³/mol. The first-order chi connectivity index (χ1) is 10.6. The molecule has 0 aromatic heterocycles. The number of hydrogen-bond acceptors (Lipinski definition) is 2. The Morgan fingerprint density at radius 2 is 1.82 bits per heavy atom. The lowest BCUT2D eigenvalue weighted by atomic mass is 10.0. The molecule has 1 heterocycles. The van der Waals surface area contributed by atoms with Crippen LogP contribution < -0.4 is 5.32 Å². The van der Waals surface area contributed by atoms with Crippen LogP contribution >= 0.6 is 23.2 Å². The van der Waals surface area contributed by atoms with Gasteiger partial charge in [-0.1, -0.05) is 41.4 Å². The van der Waals surface area contributed by atoms with Crippen LogP contribution in [0.2, 0.25) is 10.0 Å². The van der Waals surface area contributed by atoms with Gasteiger partial charge in [0.1, 0.15) is 6.17 Å². The first kappa shape index (κ1) is 13.9. The number of anilines is 1. The lowest BCUT2D eigenvalue weighted by Crippen LogP contribution is -2.44. The first-order valence-corrected chi connectivity index (χ1v) is 8.04. The molecular weight excluding hydrogens is 319 g/mol. The highest BCUT2D eigenvalue weighted by atomic mass is 35.5. The summed E-state index contributed by atoms with van der Waals surface area (Å²) in [6.45, 7) is 0. The number of benzene rings is 2. The molecule has 0 radical (unpaired) electrons. The normalized spacial score (nSPS) is 20.5. The third-order valence-corrected chi connectivity index (χ3v) is 4.90. The van der Waals surface area contributed by atoms with Gasteiger partial charge in [0.15, 0.2) is 0 Å². The second-order valence-electron chi connectivity index (χ2n) is 5.71. The molecule has 1 aliphatic heterocycles. The van der Waals surface area contributed by atoms with Crippen molar-refractivity contribution in [1.29, 1.82) is 0 Å². The zero-order chi connectivity index (χ0) is 15.3. The van der Waals surface area contributed by atoms with Crippen molar-refractivity contribution in [2.24, 2.45) is 0 Å². The van der Waals surface area contributed by atoms with Crippen molar-refractivity contribution in [3.05, 3.63) is 63.6 Å². The molecule has 112 valence electrons. The highest BCUT2D eigenvalue weighted by Crippen LogP contribution is 2.41. The van der Waals surface area contributed by atoms with Crippen molar-refractivity contribution < 1.29 is 4.79 Å². The van der Waals surface area contributed by atoms with E-state index in [1.807, 2.05) is 41.3 Å². The Morgan fingerprint density at radius 3 is 2.55 bits per heavy atom. The minimum atomic E-state index is -0.204. The number of nitrogens with one attached hydrogen (secondary N) is 1. The topological polar surface area (TPSA) is 32.3 Å². The summed E-state index contributed by atoms with van der Waals surface area (Å²) in [5.41, 5.74) is 2.54. The smallest absolute Gasteiger partial charge is 0.258 e. The zero-order valence-corrected chi connectivity index (χ0v) is 13.2. The van der Waals surface area contributed by atoms with Gasteiger partial charge in [0.25, 0.3) is 5.91 Å². The Bertz CT molecular complexity index is 758. The number of nitrogens with zero attached hydrogens (tertiary/aromatic N) is 1. The summed E-state index contributed by atoms with van der Waals surface area (Å²) in [5.74, 6) is 0.0768. The molecule has 1 fully saturated rings. The van der Waals surface area contributed by atoms with Crippen LogP contribution in [0.5, 0.6) is 0 Å². The van der Waals surface area contributed by atoms with Crippen molar-refractivity contribution in [1.82, 2.24) is 4.90 Å². The van der Waals surface area contributed by atoms with Crippen LogP contribution in [0.25, 0.3) is 0 Å². The standard InChI is InChI=1S/C17H14Cl2N2O/c18-13-8-5-10(9-14(13)19)16-20-15-4-2-1-3-12(15)17(22)21(16)11-6-7-11/h1-5,8-9,11,16,20H,6-7H2/t16-/m1/s1. The lowest BCUT2D eigenvalue weighted by molar-refractivity contribution is 0.0666. The van der Waals surface area contributed by atoms with Crippen LogP contribution in [0, 0.1) is 0 Å². The quantitative estimate of drug-likeness (QED) is 0.862. The van der Waals surface area contributed by atoms with E-state index in [4.69, 9.17) is 23.2 Å². The lowest BCUT2D eigenvalue weighted by Gasteiger charge is -2.38. The minimum Gasteiger partial charge on any atom is -0.361 e. The monoisotopic (exact) mass is 332 g/mol. The maximum atomic E-state index is 12.9. The van der Waals surface area contributed by atoms with Crippen LogP contribution in [0.15, 0.2) is 42.5 Å². The second kappa shape index (κ2) is 5.18. The minimum absolute atomic E-state index is 0.0768. The van der Waals surface area contributed by atoms with Gasteiger partial charge in [-0.2, -0.15) is 0 Å². The number of halogens is 2. The zero-order valence-electron chi connectivity index (χ0n) is 11.7. The largest absolute Gasteiger partial charge is 0.361 e. The Morgan fingerprint density at radius 1 is 1.05 bits per heavy atom. The summed E-state index contributed by atoms with van der Waals surface area (Å²) in [4.78, 5) is 14.8. The van der Waals surface area contributed by atoms with Crippen LogP contribution in [-0.4, -0.2) is 16.8 Å². The van der Waals surface area contributed by atoms with E-state index in [1.54, 1.807) is 6.07 Å². The van der Waals surface area contributed by atoms with Gasteiger partial charge in [-0.05, 0) is 42.7 Å². The van der Waals surface area contributed by atoms with Gasteiger partial charge in [-0.15, -0.1) is 0 Å². The number of amides is 1. The molecule has 2 aromatic carbocycles. The van der Waals surface area contributed by atoms with Gasteiger partial charge in [0.05, 0.1) is 15.6 Å². The summed E-state index contributed by atoms with van der Waals surface area (Å²) in [7, 11) is 0. The molecule has 2 aromatic rings. The molecule has 0 spiro atoms. The Hall–Kier alpha value is -1.71. The van der Waals surface area contributed by atoms with Crippen molar-refractivity contribution in [3.8, 4) is 0 Å². The van der Waals surface area contributed by atoms with E-state index in [0.717, 1.165) is 29.7 Å². The molecule has 4 rings (SSSR count). The molecular formula is C17H14Cl2N2O. The second-order valence-corrected chi connectivity index (χ2v) is 6.52. The molecule has 3 nitrogen and oxygen atoms in total. The fourth-order valence-corrected chi connectivity index (χ4v) is 3.23. The first-order valence-electron chi connectivity index (χ1n) is 7.28. The van der Waals surface area contributed by atoms with Gasteiger partial charge in [0.2, 0.25) is 0 Å². The van der Waals surface area contributed by atoms with Crippen molar-refractivity contribution in [3.63, 3.8) is 0 Å². The van der Waals surface area contributed by atoms with Crippen LogP contribution in [0.3, 0.4) is 0 Å². The van der Waals surface area contributed by atoms with Crippen LogP contribution in [0.4, 0.5) is 5.69 Å². The van der Waals surface area contributed by atoms with Crippen LogP contribution in [0.1, 0.15) is 34.9 Å². The summed E-state index contributed by atoms with van der Waals surface area (Å²) in [5, 5.41) is 4.49. The van der Waals surface area contributed by atoms with E-state index in [2.05, 4.69) is 5.32 Å². The molecule has 2 aliphatic rings. The molecule has 1 saturated carbocycles. The fourth-order valence-electron chi connectivity index (χ4n) is 2.92. The molecule has 22 heavy (non-hydrogen) atoms. The average molecular weight is 333 g/mol. The third kappa shape index (κ3) is 2.25. The molecule has 1 atom stereocenters. The molecule has 5 heteroatoms.